The molecule has 1 unspecified atom stereocenters. The Morgan fingerprint density at radius 1 is 1.43 bits per heavy atom. The number of amides is 1. The molecule has 7 heteroatoms. The number of anilines is 2. The van der Waals surface area contributed by atoms with Crippen molar-refractivity contribution in [2.45, 2.75) is 32.2 Å². The summed E-state index contributed by atoms with van der Waals surface area (Å²) in [7, 11) is 0. The maximum Gasteiger partial charge on any atom is 0.292 e. The van der Waals surface area contributed by atoms with Crippen molar-refractivity contribution in [3.8, 4) is 0 Å². The topological polar surface area (TPSA) is 84.3 Å². The van der Waals surface area contributed by atoms with Crippen LogP contribution in [0.5, 0.6) is 0 Å². The number of nitrogens with zero attached hydrogens (tertiary/aromatic N) is 1. The number of thiophene rings is 1. The van der Waals surface area contributed by atoms with Crippen molar-refractivity contribution in [1.82, 2.24) is 0 Å². The van der Waals surface area contributed by atoms with Gasteiger partial charge in [-0.05, 0) is 35.9 Å². The van der Waals surface area contributed by atoms with Gasteiger partial charge in [0, 0.05) is 23.1 Å². The van der Waals surface area contributed by atoms with Gasteiger partial charge in [-0.3, -0.25) is 14.9 Å². The van der Waals surface area contributed by atoms with Crippen LogP contribution in [0.15, 0.2) is 29.6 Å². The monoisotopic (exact) mass is 331 g/mol. The zero-order valence-corrected chi connectivity index (χ0v) is 13.5. The largest absolute Gasteiger partial charge is 0.372 e. The average Bonchev–Trinajstić information content (AvgIpc) is 3.05. The number of nitro groups is 1. The molecular formula is C16H17N3O3S. The molecule has 1 aliphatic rings. The Morgan fingerprint density at radius 3 is 2.91 bits per heavy atom. The van der Waals surface area contributed by atoms with Gasteiger partial charge in [0.15, 0.2) is 0 Å². The molecule has 1 aliphatic heterocycles. The van der Waals surface area contributed by atoms with Gasteiger partial charge >= 0.3 is 0 Å². The molecule has 1 atom stereocenters. The molecule has 120 valence electrons. The second kappa shape index (κ2) is 6.37. The van der Waals surface area contributed by atoms with Crippen LogP contribution in [0.4, 0.5) is 17.1 Å². The lowest BCUT2D eigenvalue weighted by molar-refractivity contribution is -0.384. The molecule has 3 rings (SSSR count). The van der Waals surface area contributed by atoms with Crippen molar-refractivity contribution in [2.24, 2.45) is 0 Å². The van der Waals surface area contributed by atoms with E-state index < -0.39 is 0 Å². The third-order valence-electron chi connectivity index (χ3n) is 3.94. The maximum absolute atomic E-state index is 11.6. The van der Waals surface area contributed by atoms with E-state index in [1.807, 2.05) is 24.4 Å². The summed E-state index contributed by atoms with van der Waals surface area (Å²) in [6.07, 6.45) is 1.70. The Kier molecular flexibility index (Phi) is 4.29. The van der Waals surface area contributed by atoms with Crippen LogP contribution >= 0.6 is 11.3 Å². The van der Waals surface area contributed by atoms with E-state index in [1.165, 1.54) is 0 Å². The van der Waals surface area contributed by atoms with Gasteiger partial charge in [0.2, 0.25) is 5.91 Å². The predicted molar refractivity (Wildman–Crippen MR) is 91.0 cm³/mol. The Bertz CT molecular complexity index is 743. The number of nitro benzene ring substituents is 1. The summed E-state index contributed by atoms with van der Waals surface area (Å²) in [5.41, 5.74) is 1.97. The van der Waals surface area contributed by atoms with Gasteiger partial charge in [-0.25, -0.2) is 0 Å². The maximum atomic E-state index is 11.6. The number of benzene rings is 1. The van der Waals surface area contributed by atoms with Crippen molar-refractivity contribution in [3.05, 3.63) is 50.2 Å². The number of carbonyl (C=O) groups excluding carboxylic acids is 1. The van der Waals surface area contributed by atoms with Crippen LogP contribution in [-0.2, 0) is 11.2 Å². The first-order valence-electron chi connectivity index (χ1n) is 7.49. The third-order valence-corrected chi connectivity index (χ3v) is 4.92. The van der Waals surface area contributed by atoms with Crippen molar-refractivity contribution >= 4 is 34.3 Å². The first kappa shape index (κ1) is 15.5. The van der Waals surface area contributed by atoms with E-state index in [-0.39, 0.29) is 22.6 Å². The highest BCUT2D eigenvalue weighted by Gasteiger charge is 2.24. The van der Waals surface area contributed by atoms with Crippen LogP contribution in [0.3, 0.4) is 0 Å². The highest BCUT2D eigenvalue weighted by atomic mass is 32.1. The van der Waals surface area contributed by atoms with Crippen LogP contribution in [0, 0.1) is 10.1 Å². The standard InChI is InChI=1S/C16H17N3O3S/c1-2-11(15-4-3-7-23-15)17-13-9-12-10(5-6-16(20)18-12)8-14(13)19(21)22/h3-4,7-9,11,17H,2,5-6H2,1H3,(H,18,20). The molecule has 2 heterocycles. The van der Waals surface area contributed by atoms with E-state index in [2.05, 4.69) is 10.6 Å². The molecule has 0 bridgehead atoms. The fraction of sp³-hybridized carbons (Fsp3) is 0.312. The summed E-state index contributed by atoms with van der Waals surface area (Å²) >= 11 is 1.62. The van der Waals surface area contributed by atoms with Gasteiger partial charge in [-0.15, -0.1) is 11.3 Å². The molecule has 1 aromatic heterocycles. The third kappa shape index (κ3) is 3.19. The van der Waals surface area contributed by atoms with Crippen LogP contribution in [0.25, 0.3) is 0 Å². The molecule has 0 aliphatic carbocycles. The van der Waals surface area contributed by atoms with Crippen LogP contribution < -0.4 is 10.6 Å². The lowest BCUT2D eigenvalue weighted by Gasteiger charge is -2.21. The van der Waals surface area contributed by atoms with Gasteiger partial charge in [-0.1, -0.05) is 13.0 Å². The molecule has 0 spiro atoms. The number of carbonyl (C=O) groups is 1. The van der Waals surface area contributed by atoms with Crippen molar-refractivity contribution in [2.75, 3.05) is 10.6 Å². The Morgan fingerprint density at radius 2 is 2.26 bits per heavy atom. The SMILES string of the molecule is CCC(Nc1cc2c(cc1[N+](=O)[O-])CCC(=O)N2)c1cccs1. The van der Waals surface area contributed by atoms with Crippen LogP contribution in [-0.4, -0.2) is 10.8 Å². The number of nitrogens with one attached hydrogen (secondary N) is 2. The fourth-order valence-electron chi connectivity index (χ4n) is 2.73. The number of hydrogen-bond acceptors (Lipinski definition) is 5. The molecule has 6 nitrogen and oxygen atoms in total. The lowest BCUT2D eigenvalue weighted by Crippen LogP contribution is -2.20. The Labute approximate surface area is 137 Å². The van der Waals surface area contributed by atoms with E-state index >= 15 is 0 Å². The number of fused-ring (bicyclic) bond motifs is 1. The predicted octanol–water partition coefficient (Wildman–Crippen LogP) is 4.10. The minimum Gasteiger partial charge on any atom is -0.372 e. The summed E-state index contributed by atoms with van der Waals surface area (Å²) in [5, 5.41) is 19.5. The zero-order chi connectivity index (χ0) is 16.4. The number of hydrogen-bond donors (Lipinski definition) is 2. The minimum absolute atomic E-state index is 0.00559. The molecule has 2 N–H and O–H groups in total. The molecule has 1 amide bonds. The molecule has 23 heavy (non-hydrogen) atoms. The smallest absolute Gasteiger partial charge is 0.292 e. The highest BCUT2D eigenvalue weighted by molar-refractivity contribution is 7.10. The van der Waals surface area contributed by atoms with Gasteiger partial charge in [0.25, 0.3) is 5.69 Å². The zero-order valence-electron chi connectivity index (χ0n) is 12.7. The minimum atomic E-state index is -0.375. The van der Waals surface area contributed by atoms with Crippen LogP contribution in [0.2, 0.25) is 0 Å². The molecule has 2 aromatic rings. The first-order chi connectivity index (χ1) is 11.1. The van der Waals surface area contributed by atoms with E-state index in [0.717, 1.165) is 16.9 Å². The second-order valence-corrected chi connectivity index (χ2v) is 6.43. The lowest BCUT2D eigenvalue weighted by atomic mass is 10.0. The average molecular weight is 331 g/mol. The van der Waals surface area contributed by atoms with Crippen molar-refractivity contribution < 1.29 is 9.72 Å². The normalized spacial score (nSPS) is 14.7. The van der Waals surface area contributed by atoms with E-state index in [4.69, 9.17) is 0 Å². The Balaban J connectivity index is 1.98. The fourth-order valence-corrected chi connectivity index (χ4v) is 3.60. The molecule has 0 radical (unpaired) electrons. The Hall–Kier alpha value is -2.41. The van der Waals surface area contributed by atoms with Gasteiger partial charge in [-0.2, -0.15) is 0 Å². The van der Waals surface area contributed by atoms with E-state index in [9.17, 15) is 14.9 Å². The molecule has 0 saturated carbocycles. The summed E-state index contributed by atoms with van der Waals surface area (Å²) in [4.78, 5) is 23.7. The summed E-state index contributed by atoms with van der Waals surface area (Å²) in [6.45, 7) is 2.03. The van der Waals surface area contributed by atoms with E-state index in [0.29, 0.717) is 24.2 Å². The quantitative estimate of drug-likeness (QED) is 0.638. The summed E-state index contributed by atoms with van der Waals surface area (Å²) < 4.78 is 0. The van der Waals surface area contributed by atoms with Gasteiger partial charge in [0.1, 0.15) is 5.69 Å². The summed E-state index contributed by atoms with van der Waals surface area (Å²) in [5.74, 6) is -0.0531. The van der Waals surface area contributed by atoms with E-state index in [1.54, 1.807) is 23.5 Å². The van der Waals surface area contributed by atoms with Gasteiger partial charge in [0.05, 0.1) is 11.0 Å². The number of rotatable bonds is 5. The van der Waals surface area contributed by atoms with Gasteiger partial charge < -0.3 is 10.6 Å². The van der Waals surface area contributed by atoms with Crippen molar-refractivity contribution in [1.29, 1.82) is 0 Å². The second-order valence-electron chi connectivity index (χ2n) is 5.45. The molecule has 0 saturated heterocycles. The van der Waals surface area contributed by atoms with Crippen molar-refractivity contribution in [3.63, 3.8) is 0 Å². The molecular weight excluding hydrogens is 314 g/mol. The highest BCUT2D eigenvalue weighted by Crippen LogP contribution is 2.37. The van der Waals surface area contributed by atoms with Crippen LogP contribution in [0.1, 0.15) is 36.2 Å². The molecule has 1 aromatic carbocycles. The molecule has 0 fully saturated rings. The first-order valence-corrected chi connectivity index (χ1v) is 8.37. The summed E-state index contributed by atoms with van der Waals surface area (Å²) in [6, 6.07) is 7.23. The number of aryl methyl sites for hydroxylation is 1.